The van der Waals surface area contributed by atoms with Crippen LogP contribution < -0.4 is 5.48 Å². The summed E-state index contributed by atoms with van der Waals surface area (Å²) in [6.07, 6.45) is 0.575. The smallest absolute Gasteiger partial charge is 0.340 e. The number of aldehydes is 1. The summed E-state index contributed by atoms with van der Waals surface area (Å²) in [5.41, 5.74) is 1.24. The molecule has 1 aromatic carbocycles. The van der Waals surface area contributed by atoms with Gasteiger partial charge in [0.2, 0.25) is 0 Å². The predicted octanol–water partition coefficient (Wildman–Crippen LogP) is 1.50. The van der Waals surface area contributed by atoms with Gasteiger partial charge in [0.15, 0.2) is 11.9 Å². The molecule has 0 bridgehead atoms. The molecule has 0 fully saturated rings. The van der Waals surface area contributed by atoms with E-state index >= 15 is 0 Å². The molecule has 1 aromatic rings. The Labute approximate surface area is 117 Å². The van der Waals surface area contributed by atoms with Crippen molar-refractivity contribution in [2.45, 2.75) is 26.4 Å². The fourth-order valence-corrected chi connectivity index (χ4v) is 1.38. The quantitative estimate of drug-likeness (QED) is 0.485. The summed E-state index contributed by atoms with van der Waals surface area (Å²) in [6.45, 7) is 4.83. The molecule has 108 valence electrons. The topological polar surface area (TPSA) is 81.7 Å². The van der Waals surface area contributed by atoms with E-state index in [9.17, 15) is 14.4 Å². The van der Waals surface area contributed by atoms with Crippen LogP contribution in [0.5, 0.6) is 0 Å². The third-order valence-electron chi connectivity index (χ3n) is 2.50. The second-order valence-electron chi connectivity index (χ2n) is 4.47. The summed E-state index contributed by atoms with van der Waals surface area (Å²) in [5.74, 6) is -1.20. The maximum absolute atomic E-state index is 11.9. The molecule has 0 aliphatic rings. The van der Waals surface area contributed by atoms with Crippen molar-refractivity contribution in [3.8, 4) is 0 Å². The molecule has 1 amide bonds. The summed E-state index contributed by atoms with van der Waals surface area (Å²) >= 11 is 0. The molecule has 20 heavy (non-hydrogen) atoms. The minimum absolute atomic E-state index is 0.169. The molecule has 0 atom stereocenters. The van der Waals surface area contributed by atoms with Gasteiger partial charge in [-0.15, -0.1) is 0 Å². The van der Waals surface area contributed by atoms with E-state index in [-0.39, 0.29) is 17.7 Å². The van der Waals surface area contributed by atoms with Crippen LogP contribution in [-0.4, -0.2) is 30.4 Å². The van der Waals surface area contributed by atoms with Crippen molar-refractivity contribution in [3.05, 3.63) is 35.4 Å². The van der Waals surface area contributed by atoms with Gasteiger partial charge in [-0.05, 0) is 26.8 Å². The van der Waals surface area contributed by atoms with Crippen LogP contribution in [0.2, 0.25) is 0 Å². The summed E-state index contributed by atoms with van der Waals surface area (Å²) in [5, 5.41) is 0. The van der Waals surface area contributed by atoms with Gasteiger partial charge in [0.1, 0.15) is 0 Å². The fraction of sp³-hybridized carbons (Fsp3) is 0.357. The highest BCUT2D eigenvalue weighted by atomic mass is 16.7. The molecule has 6 nitrogen and oxygen atoms in total. The first-order chi connectivity index (χ1) is 9.42. The van der Waals surface area contributed by atoms with E-state index in [4.69, 9.17) is 9.57 Å². The fourth-order valence-electron chi connectivity index (χ4n) is 1.38. The molecule has 0 heterocycles. The number of hydrogen-bond acceptors (Lipinski definition) is 5. The number of esters is 1. The molecule has 0 spiro atoms. The van der Waals surface area contributed by atoms with Crippen LogP contribution in [-0.2, 0) is 14.4 Å². The first kappa shape index (κ1) is 15.8. The number of carbonyl (C=O) groups excluding carboxylic acids is 3. The normalized spacial score (nSPS) is 10.8. The van der Waals surface area contributed by atoms with E-state index in [0.29, 0.717) is 6.29 Å². The van der Waals surface area contributed by atoms with Crippen LogP contribution in [0.25, 0.3) is 0 Å². The Morgan fingerprint density at radius 1 is 1.30 bits per heavy atom. The van der Waals surface area contributed by atoms with Crippen molar-refractivity contribution < 1.29 is 24.0 Å². The van der Waals surface area contributed by atoms with Gasteiger partial charge in [-0.2, -0.15) is 0 Å². The van der Waals surface area contributed by atoms with Gasteiger partial charge in [-0.1, -0.05) is 18.2 Å². The number of rotatable bonds is 6. The first-order valence-corrected chi connectivity index (χ1v) is 6.12. The maximum atomic E-state index is 11.9. The van der Waals surface area contributed by atoms with Gasteiger partial charge in [0, 0.05) is 5.56 Å². The Bertz CT molecular complexity index is 510. The van der Waals surface area contributed by atoms with Gasteiger partial charge < -0.3 is 4.74 Å². The molecule has 0 aliphatic carbocycles. The summed E-state index contributed by atoms with van der Waals surface area (Å²) in [7, 11) is 0. The maximum Gasteiger partial charge on any atom is 0.340 e. The molecule has 0 aromatic heterocycles. The number of hydroxylamine groups is 1. The Balaban J connectivity index is 2.72. The third kappa shape index (κ3) is 3.89. The number of ether oxygens (including phenoxy) is 1. The molecule has 0 saturated carbocycles. The van der Waals surface area contributed by atoms with Crippen molar-refractivity contribution in [1.82, 2.24) is 5.48 Å². The lowest BCUT2D eigenvalue weighted by Crippen LogP contribution is -2.43. The average Bonchev–Trinajstić information content (AvgIpc) is 2.45. The lowest BCUT2D eigenvalue weighted by atomic mass is 10.1. The number of amides is 1. The highest BCUT2D eigenvalue weighted by molar-refractivity contribution is 6.00. The molecular formula is C14H17NO5. The number of nitrogens with one attached hydrogen (secondary N) is 1. The monoisotopic (exact) mass is 279 g/mol. The van der Waals surface area contributed by atoms with E-state index in [1.54, 1.807) is 19.1 Å². The number of hydrogen-bond donors (Lipinski definition) is 1. The van der Waals surface area contributed by atoms with Crippen LogP contribution in [0.15, 0.2) is 24.3 Å². The summed E-state index contributed by atoms with van der Waals surface area (Å²) in [6, 6.07) is 6.26. The van der Waals surface area contributed by atoms with Crippen LogP contribution in [0, 0.1) is 0 Å². The van der Waals surface area contributed by atoms with E-state index < -0.39 is 17.5 Å². The molecule has 0 unspecified atom stereocenters. The number of carbonyl (C=O) groups is 3. The Kier molecular flexibility index (Phi) is 5.40. The van der Waals surface area contributed by atoms with Crippen molar-refractivity contribution in [2.24, 2.45) is 0 Å². The van der Waals surface area contributed by atoms with E-state index in [2.05, 4.69) is 5.48 Å². The second kappa shape index (κ2) is 6.81. The van der Waals surface area contributed by atoms with Gasteiger partial charge in [-0.25, -0.2) is 10.3 Å². The van der Waals surface area contributed by atoms with Gasteiger partial charge in [0.05, 0.1) is 12.2 Å². The zero-order chi connectivity index (χ0) is 15.2. The number of benzene rings is 1. The van der Waals surface area contributed by atoms with Gasteiger partial charge in [0.25, 0.3) is 5.91 Å². The Morgan fingerprint density at radius 2 is 1.95 bits per heavy atom. The van der Waals surface area contributed by atoms with E-state index in [1.165, 1.54) is 26.0 Å². The van der Waals surface area contributed by atoms with Crippen molar-refractivity contribution in [3.63, 3.8) is 0 Å². The van der Waals surface area contributed by atoms with E-state index in [1.807, 2.05) is 0 Å². The molecule has 0 aliphatic heterocycles. The predicted molar refractivity (Wildman–Crippen MR) is 71.1 cm³/mol. The highest BCUT2D eigenvalue weighted by Gasteiger charge is 2.32. The molecule has 1 N–H and O–H groups in total. The highest BCUT2D eigenvalue weighted by Crippen LogP contribution is 2.11. The molecular weight excluding hydrogens is 262 g/mol. The molecule has 0 radical (unpaired) electrons. The standard InChI is InChI=1S/C14H17NO5/c1-4-19-13(18)14(2,3)20-15-12(17)11-8-6-5-7-10(11)9-16/h5-9H,4H2,1-3H3,(H,15,17). The van der Waals surface area contributed by atoms with Gasteiger partial charge in [-0.3, -0.25) is 14.4 Å². The SMILES string of the molecule is CCOC(=O)C(C)(C)ONC(=O)c1ccccc1C=O. The van der Waals surface area contributed by atoms with Crippen molar-refractivity contribution >= 4 is 18.2 Å². The molecule has 6 heteroatoms. The minimum atomic E-state index is -1.32. The van der Waals surface area contributed by atoms with Crippen LogP contribution in [0.1, 0.15) is 41.5 Å². The largest absolute Gasteiger partial charge is 0.464 e. The minimum Gasteiger partial charge on any atom is -0.464 e. The first-order valence-electron chi connectivity index (χ1n) is 6.12. The van der Waals surface area contributed by atoms with E-state index in [0.717, 1.165) is 0 Å². The zero-order valence-electron chi connectivity index (χ0n) is 11.6. The van der Waals surface area contributed by atoms with Crippen LogP contribution >= 0.6 is 0 Å². The van der Waals surface area contributed by atoms with Crippen molar-refractivity contribution in [2.75, 3.05) is 6.61 Å². The Hall–Kier alpha value is -2.21. The van der Waals surface area contributed by atoms with Crippen molar-refractivity contribution in [1.29, 1.82) is 0 Å². The van der Waals surface area contributed by atoms with Crippen LogP contribution in [0.4, 0.5) is 0 Å². The average molecular weight is 279 g/mol. The Morgan fingerprint density at radius 3 is 2.55 bits per heavy atom. The third-order valence-corrected chi connectivity index (χ3v) is 2.50. The molecule has 1 rings (SSSR count). The molecule has 0 saturated heterocycles. The van der Waals surface area contributed by atoms with Gasteiger partial charge >= 0.3 is 5.97 Å². The second-order valence-corrected chi connectivity index (χ2v) is 4.47. The summed E-state index contributed by atoms with van der Waals surface area (Å²) < 4.78 is 4.82. The lowest BCUT2D eigenvalue weighted by Gasteiger charge is -2.22. The lowest BCUT2D eigenvalue weighted by molar-refractivity contribution is -0.173. The van der Waals surface area contributed by atoms with Crippen LogP contribution in [0.3, 0.4) is 0 Å². The zero-order valence-corrected chi connectivity index (χ0v) is 11.6. The summed E-state index contributed by atoms with van der Waals surface area (Å²) in [4.78, 5) is 39.4.